The van der Waals surface area contributed by atoms with E-state index in [-0.39, 0.29) is 11.9 Å². The number of hydrogen-bond donors (Lipinski definition) is 2. The average molecular weight is 252 g/mol. The van der Waals surface area contributed by atoms with Crippen molar-refractivity contribution >= 4 is 5.91 Å². The SMILES string of the molecule is Cc1ccc(F)c(OC2CCC(N)(C(N)=O)C2)c1. The molecule has 0 aliphatic heterocycles. The lowest BCUT2D eigenvalue weighted by molar-refractivity contribution is -0.123. The maximum atomic E-state index is 13.5. The molecule has 5 heteroatoms. The van der Waals surface area contributed by atoms with Crippen molar-refractivity contribution in [3.8, 4) is 5.75 Å². The molecule has 0 aromatic heterocycles. The van der Waals surface area contributed by atoms with Crippen LogP contribution in [0.25, 0.3) is 0 Å². The minimum atomic E-state index is -1.02. The number of rotatable bonds is 3. The van der Waals surface area contributed by atoms with Gasteiger partial charge in [-0.2, -0.15) is 0 Å². The van der Waals surface area contributed by atoms with Gasteiger partial charge in [0, 0.05) is 6.42 Å². The molecule has 0 saturated heterocycles. The molecule has 2 rings (SSSR count). The van der Waals surface area contributed by atoms with Crippen LogP contribution < -0.4 is 16.2 Å². The third-order valence-corrected chi connectivity index (χ3v) is 3.38. The van der Waals surface area contributed by atoms with E-state index in [0.29, 0.717) is 19.3 Å². The Morgan fingerprint density at radius 2 is 2.28 bits per heavy atom. The first kappa shape index (κ1) is 12.8. The predicted molar refractivity (Wildman–Crippen MR) is 65.5 cm³/mol. The van der Waals surface area contributed by atoms with Gasteiger partial charge in [0.25, 0.3) is 0 Å². The summed E-state index contributed by atoms with van der Waals surface area (Å²) >= 11 is 0. The second-order valence-corrected chi connectivity index (χ2v) is 4.94. The van der Waals surface area contributed by atoms with Crippen LogP contribution in [0.3, 0.4) is 0 Å². The normalized spacial score (nSPS) is 27.2. The molecule has 1 aliphatic rings. The van der Waals surface area contributed by atoms with Crippen LogP contribution in [0.1, 0.15) is 24.8 Å². The molecule has 1 saturated carbocycles. The Bertz CT molecular complexity index is 478. The highest BCUT2D eigenvalue weighted by Gasteiger charge is 2.41. The average Bonchev–Trinajstić information content (AvgIpc) is 2.67. The van der Waals surface area contributed by atoms with E-state index in [9.17, 15) is 9.18 Å². The third-order valence-electron chi connectivity index (χ3n) is 3.38. The highest BCUT2D eigenvalue weighted by molar-refractivity contribution is 5.84. The number of hydrogen-bond acceptors (Lipinski definition) is 3. The second kappa shape index (κ2) is 4.57. The van der Waals surface area contributed by atoms with Crippen molar-refractivity contribution in [3.05, 3.63) is 29.6 Å². The zero-order valence-corrected chi connectivity index (χ0v) is 10.3. The van der Waals surface area contributed by atoms with E-state index in [2.05, 4.69) is 0 Å². The summed E-state index contributed by atoms with van der Waals surface area (Å²) in [6.07, 6.45) is 1.14. The molecule has 1 amide bonds. The predicted octanol–water partition coefficient (Wildman–Crippen LogP) is 1.25. The minimum Gasteiger partial charge on any atom is -0.487 e. The molecule has 2 unspecified atom stereocenters. The summed E-state index contributed by atoms with van der Waals surface area (Å²) in [5.74, 6) is -0.735. The summed E-state index contributed by atoms with van der Waals surface area (Å²) in [5, 5.41) is 0. The Labute approximate surface area is 105 Å². The first-order chi connectivity index (χ1) is 8.40. The van der Waals surface area contributed by atoms with Crippen molar-refractivity contribution in [1.29, 1.82) is 0 Å². The van der Waals surface area contributed by atoms with Crippen molar-refractivity contribution in [2.75, 3.05) is 0 Å². The molecule has 1 fully saturated rings. The number of ether oxygens (including phenoxy) is 1. The van der Waals surface area contributed by atoms with Gasteiger partial charge in [-0.15, -0.1) is 0 Å². The Kier molecular flexibility index (Phi) is 3.26. The molecule has 1 aromatic carbocycles. The van der Waals surface area contributed by atoms with Crippen LogP contribution >= 0.6 is 0 Å². The number of carbonyl (C=O) groups excluding carboxylic acids is 1. The van der Waals surface area contributed by atoms with Crippen LogP contribution in [0.2, 0.25) is 0 Å². The van der Waals surface area contributed by atoms with Gasteiger partial charge < -0.3 is 16.2 Å². The summed E-state index contributed by atoms with van der Waals surface area (Å²) in [7, 11) is 0. The summed E-state index contributed by atoms with van der Waals surface area (Å²) in [6.45, 7) is 1.86. The molecule has 1 aromatic rings. The second-order valence-electron chi connectivity index (χ2n) is 4.94. The Balaban J connectivity index is 2.08. The number of amides is 1. The molecule has 0 bridgehead atoms. The van der Waals surface area contributed by atoms with Gasteiger partial charge in [-0.3, -0.25) is 4.79 Å². The molecular weight excluding hydrogens is 235 g/mol. The number of halogens is 1. The molecule has 0 heterocycles. The Hall–Kier alpha value is -1.62. The van der Waals surface area contributed by atoms with Crippen LogP contribution in [0, 0.1) is 12.7 Å². The number of primary amides is 1. The van der Waals surface area contributed by atoms with Crippen LogP contribution in [-0.4, -0.2) is 17.6 Å². The van der Waals surface area contributed by atoms with Gasteiger partial charge in [0.1, 0.15) is 6.10 Å². The van der Waals surface area contributed by atoms with E-state index in [1.54, 1.807) is 12.1 Å². The lowest BCUT2D eigenvalue weighted by atomic mass is 9.99. The lowest BCUT2D eigenvalue weighted by Gasteiger charge is -2.20. The van der Waals surface area contributed by atoms with Crippen molar-refractivity contribution in [1.82, 2.24) is 0 Å². The van der Waals surface area contributed by atoms with Gasteiger partial charge in [0.2, 0.25) is 5.91 Å². The first-order valence-electron chi connectivity index (χ1n) is 5.92. The highest BCUT2D eigenvalue weighted by Crippen LogP contribution is 2.31. The van der Waals surface area contributed by atoms with Crippen molar-refractivity contribution < 1.29 is 13.9 Å². The smallest absolute Gasteiger partial charge is 0.237 e. The largest absolute Gasteiger partial charge is 0.487 e. The maximum absolute atomic E-state index is 13.5. The maximum Gasteiger partial charge on any atom is 0.237 e. The summed E-state index contributed by atoms with van der Waals surface area (Å²) in [5.41, 5.74) is 11.0. The first-order valence-corrected chi connectivity index (χ1v) is 5.92. The van der Waals surface area contributed by atoms with E-state index >= 15 is 0 Å². The molecule has 0 spiro atoms. The van der Waals surface area contributed by atoms with E-state index in [0.717, 1.165) is 5.56 Å². The van der Waals surface area contributed by atoms with Crippen LogP contribution in [0.15, 0.2) is 18.2 Å². The van der Waals surface area contributed by atoms with E-state index in [1.165, 1.54) is 6.07 Å². The van der Waals surface area contributed by atoms with E-state index in [4.69, 9.17) is 16.2 Å². The zero-order chi connectivity index (χ0) is 13.3. The number of aryl methyl sites for hydroxylation is 1. The van der Waals surface area contributed by atoms with Gasteiger partial charge in [-0.05, 0) is 37.5 Å². The minimum absolute atomic E-state index is 0.203. The summed E-state index contributed by atoms with van der Waals surface area (Å²) in [4.78, 5) is 11.2. The van der Waals surface area contributed by atoms with Gasteiger partial charge in [-0.1, -0.05) is 6.07 Å². The fourth-order valence-corrected chi connectivity index (χ4v) is 2.23. The quantitative estimate of drug-likeness (QED) is 0.849. The summed E-state index contributed by atoms with van der Waals surface area (Å²) in [6, 6.07) is 4.67. The monoisotopic (exact) mass is 252 g/mol. The molecule has 4 nitrogen and oxygen atoms in total. The topological polar surface area (TPSA) is 78.3 Å². The highest BCUT2D eigenvalue weighted by atomic mass is 19.1. The van der Waals surface area contributed by atoms with Gasteiger partial charge >= 0.3 is 0 Å². The Morgan fingerprint density at radius 3 is 2.89 bits per heavy atom. The fraction of sp³-hybridized carbons (Fsp3) is 0.462. The number of benzene rings is 1. The zero-order valence-electron chi connectivity index (χ0n) is 10.3. The van der Waals surface area contributed by atoms with E-state index in [1.807, 2.05) is 6.92 Å². The molecule has 98 valence electrons. The molecule has 0 radical (unpaired) electrons. The number of carbonyl (C=O) groups is 1. The molecule has 1 aliphatic carbocycles. The van der Waals surface area contributed by atoms with Crippen LogP contribution in [0.5, 0.6) is 5.75 Å². The third kappa shape index (κ3) is 2.46. The van der Waals surface area contributed by atoms with E-state index < -0.39 is 17.3 Å². The summed E-state index contributed by atoms with van der Waals surface area (Å²) < 4.78 is 19.1. The van der Waals surface area contributed by atoms with Crippen molar-refractivity contribution in [3.63, 3.8) is 0 Å². The van der Waals surface area contributed by atoms with Gasteiger partial charge in [0.05, 0.1) is 5.54 Å². The van der Waals surface area contributed by atoms with Crippen molar-refractivity contribution in [2.45, 2.75) is 37.8 Å². The fourth-order valence-electron chi connectivity index (χ4n) is 2.23. The van der Waals surface area contributed by atoms with Crippen LogP contribution in [0.4, 0.5) is 4.39 Å². The standard InChI is InChI=1S/C13H17FN2O2/c1-8-2-3-10(14)11(6-8)18-9-4-5-13(16,7-9)12(15)17/h2-3,6,9H,4-5,7,16H2,1H3,(H2,15,17). The molecular formula is C13H17FN2O2. The van der Waals surface area contributed by atoms with Crippen LogP contribution in [-0.2, 0) is 4.79 Å². The van der Waals surface area contributed by atoms with Gasteiger partial charge in [-0.25, -0.2) is 4.39 Å². The number of nitrogens with two attached hydrogens (primary N) is 2. The molecule has 18 heavy (non-hydrogen) atoms. The van der Waals surface area contributed by atoms with Crippen molar-refractivity contribution in [2.24, 2.45) is 11.5 Å². The molecule has 4 N–H and O–H groups in total. The molecule has 2 atom stereocenters. The lowest BCUT2D eigenvalue weighted by Crippen LogP contribution is -2.50. The van der Waals surface area contributed by atoms with Gasteiger partial charge in [0.15, 0.2) is 11.6 Å². The Morgan fingerprint density at radius 1 is 1.56 bits per heavy atom.